The molecule has 0 spiro atoms. The van der Waals surface area contributed by atoms with E-state index in [0.29, 0.717) is 13.1 Å². The average Bonchev–Trinajstić information content (AvgIpc) is 3.34. The number of amides is 2. The number of carbonyl (C=O) groups excluding carboxylic acids is 2. The molecule has 0 bridgehead atoms. The summed E-state index contributed by atoms with van der Waals surface area (Å²) in [7, 11) is -4.08. The van der Waals surface area contributed by atoms with E-state index >= 15 is 0 Å². The van der Waals surface area contributed by atoms with Crippen molar-refractivity contribution in [2.45, 2.75) is 4.90 Å². The lowest BCUT2D eigenvalue weighted by Gasteiger charge is -2.34. The Kier molecular flexibility index (Phi) is 6.08. The van der Waals surface area contributed by atoms with Crippen LogP contribution in [-0.4, -0.2) is 86.8 Å². The van der Waals surface area contributed by atoms with Gasteiger partial charge in [-0.15, -0.1) is 0 Å². The van der Waals surface area contributed by atoms with Crippen molar-refractivity contribution in [3.63, 3.8) is 0 Å². The zero-order chi connectivity index (χ0) is 22.0. The maximum Gasteiger partial charge on any atom is 0.289 e. The second-order valence-electron chi connectivity index (χ2n) is 7.22. The van der Waals surface area contributed by atoms with E-state index in [-0.39, 0.29) is 56.6 Å². The average molecular weight is 451 g/mol. The van der Waals surface area contributed by atoms with Gasteiger partial charge < -0.3 is 19.0 Å². The molecule has 1 aromatic heterocycles. The van der Waals surface area contributed by atoms with Crippen LogP contribution in [0.5, 0.6) is 0 Å². The van der Waals surface area contributed by atoms with Crippen LogP contribution in [0.25, 0.3) is 0 Å². The van der Waals surface area contributed by atoms with Gasteiger partial charge in [-0.2, -0.15) is 4.31 Å². The summed E-state index contributed by atoms with van der Waals surface area (Å²) >= 11 is 0. The minimum Gasteiger partial charge on any atom is -0.459 e. The Labute approximate surface area is 179 Å². The van der Waals surface area contributed by atoms with Gasteiger partial charge in [0, 0.05) is 44.8 Å². The third kappa shape index (κ3) is 4.34. The Morgan fingerprint density at radius 3 is 2.16 bits per heavy atom. The van der Waals surface area contributed by atoms with Gasteiger partial charge in [-0.05, 0) is 30.3 Å². The molecule has 166 valence electrons. The summed E-state index contributed by atoms with van der Waals surface area (Å²) in [5.41, 5.74) is 0.0824. The number of nitrogens with zero attached hydrogens (tertiary/aromatic N) is 3. The molecule has 31 heavy (non-hydrogen) atoms. The van der Waals surface area contributed by atoms with Gasteiger partial charge in [0.15, 0.2) is 5.76 Å². The molecule has 3 heterocycles. The Balaban J connectivity index is 1.47. The Morgan fingerprint density at radius 2 is 1.55 bits per heavy atom. The summed E-state index contributed by atoms with van der Waals surface area (Å²) in [6.07, 6.45) is 1.42. The number of piperazine rings is 1. The van der Waals surface area contributed by atoms with Crippen molar-refractivity contribution in [2.24, 2.45) is 0 Å². The van der Waals surface area contributed by atoms with Crippen molar-refractivity contribution in [1.29, 1.82) is 0 Å². The first-order valence-corrected chi connectivity index (χ1v) is 11.3. The van der Waals surface area contributed by atoms with Gasteiger partial charge >= 0.3 is 0 Å². The molecular formula is C20H22FN3O6S. The Hall–Kier alpha value is -2.76. The fourth-order valence-electron chi connectivity index (χ4n) is 3.61. The fraction of sp³-hybridized carbons (Fsp3) is 0.400. The Morgan fingerprint density at radius 1 is 0.903 bits per heavy atom. The van der Waals surface area contributed by atoms with Crippen molar-refractivity contribution < 1.29 is 31.6 Å². The first kappa shape index (κ1) is 21.5. The van der Waals surface area contributed by atoms with Crippen LogP contribution in [0.3, 0.4) is 0 Å². The molecule has 0 atom stereocenters. The second kappa shape index (κ2) is 8.77. The third-order valence-electron chi connectivity index (χ3n) is 5.35. The molecule has 2 fully saturated rings. The van der Waals surface area contributed by atoms with E-state index in [4.69, 9.17) is 9.15 Å². The molecule has 0 radical (unpaired) electrons. The molecule has 9 nitrogen and oxygen atoms in total. The minimum absolute atomic E-state index is 0.0824. The number of hydrogen-bond donors (Lipinski definition) is 0. The van der Waals surface area contributed by atoms with E-state index in [1.54, 1.807) is 17.0 Å². The maximum atomic E-state index is 14.4. The monoisotopic (exact) mass is 451 g/mol. The fourth-order valence-corrected chi connectivity index (χ4v) is 5.11. The molecule has 0 N–H and O–H groups in total. The van der Waals surface area contributed by atoms with Crippen LogP contribution in [0.4, 0.5) is 4.39 Å². The number of sulfonamides is 1. The number of halogens is 1. The molecule has 2 aliphatic rings. The predicted molar refractivity (Wildman–Crippen MR) is 106 cm³/mol. The van der Waals surface area contributed by atoms with Crippen molar-refractivity contribution in [3.05, 3.63) is 53.7 Å². The van der Waals surface area contributed by atoms with Crippen LogP contribution >= 0.6 is 0 Å². The lowest BCUT2D eigenvalue weighted by Crippen LogP contribution is -2.50. The van der Waals surface area contributed by atoms with Crippen LogP contribution in [-0.2, 0) is 14.8 Å². The van der Waals surface area contributed by atoms with E-state index in [0.717, 1.165) is 16.4 Å². The highest BCUT2D eigenvalue weighted by molar-refractivity contribution is 7.89. The molecule has 1 aromatic carbocycles. The van der Waals surface area contributed by atoms with Gasteiger partial charge in [-0.3, -0.25) is 9.59 Å². The second-order valence-corrected chi connectivity index (χ2v) is 9.13. The molecule has 2 saturated heterocycles. The van der Waals surface area contributed by atoms with Crippen LogP contribution in [0, 0.1) is 5.82 Å². The van der Waals surface area contributed by atoms with Crippen molar-refractivity contribution in [2.75, 3.05) is 52.5 Å². The van der Waals surface area contributed by atoms with Crippen LogP contribution < -0.4 is 0 Å². The first-order chi connectivity index (χ1) is 14.9. The van der Waals surface area contributed by atoms with Crippen molar-refractivity contribution in [3.8, 4) is 0 Å². The maximum absolute atomic E-state index is 14.4. The molecule has 0 unspecified atom stereocenters. The van der Waals surface area contributed by atoms with Crippen molar-refractivity contribution in [1.82, 2.24) is 14.1 Å². The zero-order valence-corrected chi connectivity index (χ0v) is 17.5. The predicted octanol–water partition coefficient (Wildman–Crippen LogP) is 1.04. The first-order valence-electron chi connectivity index (χ1n) is 9.87. The lowest BCUT2D eigenvalue weighted by atomic mass is 10.1. The normalized spacial score (nSPS) is 18.2. The largest absolute Gasteiger partial charge is 0.459 e. The van der Waals surface area contributed by atoms with Gasteiger partial charge in [0.1, 0.15) is 10.7 Å². The van der Waals surface area contributed by atoms with Gasteiger partial charge in [-0.1, -0.05) is 0 Å². The van der Waals surface area contributed by atoms with E-state index in [1.165, 1.54) is 17.2 Å². The van der Waals surface area contributed by atoms with Gasteiger partial charge in [-0.25, -0.2) is 12.8 Å². The van der Waals surface area contributed by atoms with E-state index < -0.39 is 26.6 Å². The van der Waals surface area contributed by atoms with Crippen LogP contribution in [0.15, 0.2) is 45.9 Å². The molecule has 4 rings (SSSR count). The molecule has 0 saturated carbocycles. The highest BCUT2D eigenvalue weighted by atomic mass is 32.2. The molecule has 2 aliphatic heterocycles. The standard InChI is InChI=1S/C20H22FN3O6S/c21-16-4-3-15(14-18(16)31(27,28)24-9-12-29-13-10-24)19(25)22-5-7-23(8-6-22)20(26)17-2-1-11-30-17/h1-4,11,14H,5-10,12-13H2. The molecule has 0 aliphatic carbocycles. The molecule has 2 amide bonds. The van der Waals surface area contributed by atoms with Crippen LogP contribution in [0.2, 0.25) is 0 Å². The van der Waals surface area contributed by atoms with Gasteiger partial charge in [0.05, 0.1) is 19.5 Å². The van der Waals surface area contributed by atoms with Crippen LogP contribution in [0.1, 0.15) is 20.9 Å². The topological polar surface area (TPSA) is 100 Å². The van der Waals surface area contributed by atoms with E-state index in [2.05, 4.69) is 0 Å². The minimum atomic E-state index is -4.08. The number of morpholine rings is 1. The number of benzene rings is 1. The van der Waals surface area contributed by atoms with E-state index in [1.807, 2.05) is 0 Å². The quantitative estimate of drug-likeness (QED) is 0.689. The number of carbonyl (C=O) groups is 2. The van der Waals surface area contributed by atoms with Gasteiger partial charge in [0.25, 0.3) is 11.8 Å². The molecule has 11 heteroatoms. The summed E-state index contributed by atoms with van der Waals surface area (Å²) in [6, 6.07) is 6.56. The summed E-state index contributed by atoms with van der Waals surface area (Å²) in [5, 5.41) is 0. The number of rotatable bonds is 4. The van der Waals surface area contributed by atoms with E-state index in [9.17, 15) is 22.4 Å². The smallest absolute Gasteiger partial charge is 0.289 e. The SMILES string of the molecule is O=C(c1ccc(F)c(S(=O)(=O)N2CCOCC2)c1)N1CCN(C(=O)c2ccco2)CC1. The summed E-state index contributed by atoms with van der Waals surface area (Å²) < 4.78 is 51.5. The third-order valence-corrected chi connectivity index (χ3v) is 7.27. The molecular weight excluding hydrogens is 429 g/mol. The number of hydrogen-bond acceptors (Lipinski definition) is 6. The number of furan rings is 1. The highest BCUT2D eigenvalue weighted by Gasteiger charge is 2.31. The summed E-state index contributed by atoms with van der Waals surface area (Å²) in [5.74, 6) is -1.34. The highest BCUT2D eigenvalue weighted by Crippen LogP contribution is 2.23. The Bertz CT molecular complexity index is 1060. The summed E-state index contributed by atoms with van der Waals surface area (Å²) in [4.78, 5) is 27.9. The van der Waals surface area contributed by atoms with Crippen molar-refractivity contribution >= 4 is 21.8 Å². The zero-order valence-electron chi connectivity index (χ0n) is 16.7. The van der Waals surface area contributed by atoms with Gasteiger partial charge in [0.2, 0.25) is 10.0 Å². The number of ether oxygens (including phenoxy) is 1. The molecule has 2 aromatic rings. The lowest BCUT2D eigenvalue weighted by molar-refractivity contribution is 0.0518. The summed E-state index contributed by atoms with van der Waals surface area (Å²) in [6.45, 7) is 1.90.